The molecule has 3 rings (SSSR count). The monoisotopic (exact) mass is 216 g/mol. The van der Waals surface area contributed by atoms with Crippen molar-refractivity contribution < 1.29 is 14.3 Å². The molecule has 0 bridgehead atoms. The number of ketones is 1. The molecule has 1 aliphatic heterocycles. The quantitative estimate of drug-likeness (QED) is 0.723. The van der Waals surface area contributed by atoms with E-state index in [0.717, 1.165) is 35.5 Å². The topological polar surface area (TPSA) is 35.5 Å². The summed E-state index contributed by atoms with van der Waals surface area (Å²) in [6.07, 6.45) is 4.62. The van der Waals surface area contributed by atoms with Gasteiger partial charge < -0.3 is 9.47 Å². The lowest BCUT2D eigenvalue weighted by Gasteiger charge is -2.12. The zero-order valence-electron chi connectivity index (χ0n) is 8.86. The Morgan fingerprint density at radius 3 is 2.88 bits per heavy atom. The molecule has 1 heterocycles. The molecule has 0 aromatic heterocycles. The van der Waals surface area contributed by atoms with Gasteiger partial charge in [-0.3, -0.25) is 4.79 Å². The van der Waals surface area contributed by atoms with Crippen LogP contribution in [-0.4, -0.2) is 12.6 Å². The van der Waals surface area contributed by atoms with Gasteiger partial charge in [-0.1, -0.05) is 12.1 Å². The van der Waals surface area contributed by atoms with Gasteiger partial charge in [-0.15, -0.1) is 0 Å². The minimum absolute atomic E-state index is 0.227. The Balaban J connectivity index is 2.00. The molecular weight excluding hydrogens is 204 g/mol. The van der Waals surface area contributed by atoms with E-state index >= 15 is 0 Å². The minimum atomic E-state index is 0.227. The normalized spacial score (nSPS) is 18.5. The fourth-order valence-electron chi connectivity index (χ4n) is 2.10. The lowest BCUT2D eigenvalue weighted by molar-refractivity contribution is -0.114. The Kier molecular flexibility index (Phi) is 2.17. The first-order valence-corrected chi connectivity index (χ1v) is 5.48. The van der Waals surface area contributed by atoms with Crippen LogP contribution in [0.3, 0.4) is 0 Å². The molecule has 0 spiro atoms. The van der Waals surface area contributed by atoms with Gasteiger partial charge in [-0.25, -0.2) is 0 Å². The summed E-state index contributed by atoms with van der Waals surface area (Å²) in [6.45, 7) is 0.270. The molecule has 1 aliphatic carbocycles. The van der Waals surface area contributed by atoms with E-state index in [0.29, 0.717) is 6.42 Å². The summed E-state index contributed by atoms with van der Waals surface area (Å²) in [5.74, 6) is 1.72. The second kappa shape index (κ2) is 3.67. The molecular formula is C13H12O3. The molecule has 0 atom stereocenters. The molecule has 0 fully saturated rings. The van der Waals surface area contributed by atoms with Crippen LogP contribution < -0.4 is 9.47 Å². The van der Waals surface area contributed by atoms with E-state index in [1.807, 2.05) is 24.3 Å². The SMILES string of the molecule is O=C1CCCC=C1c1ccc2c(c1)OCO2. The molecule has 16 heavy (non-hydrogen) atoms. The molecule has 0 unspecified atom stereocenters. The van der Waals surface area contributed by atoms with Crippen molar-refractivity contribution in [1.29, 1.82) is 0 Å². The molecule has 0 saturated carbocycles. The molecule has 0 radical (unpaired) electrons. The molecule has 2 aliphatic rings. The van der Waals surface area contributed by atoms with Crippen molar-refractivity contribution in [3.63, 3.8) is 0 Å². The maximum atomic E-state index is 11.8. The van der Waals surface area contributed by atoms with Crippen LogP contribution in [0.15, 0.2) is 24.3 Å². The van der Waals surface area contributed by atoms with Crippen LogP contribution in [0.2, 0.25) is 0 Å². The Labute approximate surface area is 93.7 Å². The summed E-state index contributed by atoms with van der Waals surface area (Å²) in [7, 11) is 0. The predicted octanol–water partition coefficient (Wildman–Crippen LogP) is 2.55. The van der Waals surface area contributed by atoms with Crippen molar-refractivity contribution >= 4 is 11.4 Å². The van der Waals surface area contributed by atoms with Gasteiger partial charge in [0.2, 0.25) is 6.79 Å². The average Bonchev–Trinajstić information content (AvgIpc) is 2.76. The number of Topliss-reactive ketones (excluding diaryl/α,β-unsaturated/α-hetero) is 1. The summed E-state index contributed by atoms with van der Waals surface area (Å²) >= 11 is 0. The third-order valence-corrected chi connectivity index (χ3v) is 2.94. The predicted molar refractivity (Wildman–Crippen MR) is 59.4 cm³/mol. The second-order valence-electron chi connectivity index (χ2n) is 4.00. The van der Waals surface area contributed by atoms with Crippen LogP contribution in [0.5, 0.6) is 11.5 Å². The van der Waals surface area contributed by atoms with Gasteiger partial charge in [0.15, 0.2) is 17.3 Å². The average molecular weight is 216 g/mol. The number of carbonyl (C=O) groups is 1. The Morgan fingerprint density at radius 2 is 2.00 bits per heavy atom. The highest BCUT2D eigenvalue weighted by Gasteiger charge is 2.19. The van der Waals surface area contributed by atoms with Crippen LogP contribution >= 0.6 is 0 Å². The van der Waals surface area contributed by atoms with Gasteiger partial charge in [0.05, 0.1) is 0 Å². The van der Waals surface area contributed by atoms with Gasteiger partial charge in [0.25, 0.3) is 0 Å². The van der Waals surface area contributed by atoms with E-state index in [-0.39, 0.29) is 12.6 Å². The highest BCUT2D eigenvalue weighted by atomic mass is 16.7. The van der Waals surface area contributed by atoms with Crippen LogP contribution in [0.25, 0.3) is 5.57 Å². The number of ether oxygens (including phenoxy) is 2. The smallest absolute Gasteiger partial charge is 0.231 e. The van der Waals surface area contributed by atoms with Crippen molar-refractivity contribution in [2.75, 3.05) is 6.79 Å². The first-order chi connectivity index (χ1) is 7.84. The number of carbonyl (C=O) groups excluding carboxylic acids is 1. The fraction of sp³-hybridized carbons (Fsp3) is 0.308. The molecule has 0 saturated heterocycles. The number of benzene rings is 1. The van der Waals surface area contributed by atoms with Crippen LogP contribution in [0.4, 0.5) is 0 Å². The number of hydrogen-bond acceptors (Lipinski definition) is 3. The molecule has 1 aromatic rings. The second-order valence-corrected chi connectivity index (χ2v) is 4.00. The standard InChI is InChI=1S/C13H12O3/c14-11-4-2-1-3-10(11)9-5-6-12-13(7-9)16-8-15-12/h3,5-7H,1-2,4,8H2. The molecule has 0 N–H and O–H groups in total. The lowest BCUT2D eigenvalue weighted by atomic mass is 9.92. The largest absolute Gasteiger partial charge is 0.454 e. The molecule has 1 aromatic carbocycles. The third kappa shape index (κ3) is 1.48. The van der Waals surface area contributed by atoms with Gasteiger partial charge in [0, 0.05) is 12.0 Å². The number of allylic oxidation sites excluding steroid dienone is 2. The first kappa shape index (κ1) is 9.46. The van der Waals surface area contributed by atoms with Gasteiger partial charge >= 0.3 is 0 Å². The summed E-state index contributed by atoms with van der Waals surface area (Å²) in [4.78, 5) is 11.8. The highest BCUT2D eigenvalue weighted by molar-refractivity contribution is 6.21. The van der Waals surface area contributed by atoms with E-state index in [2.05, 4.69) is 0 Å². The maximum absolute atomic E-state index is 11.8. The molecule has 3 nitrogen and oxygen atoms in total. The Hall–Kier alpha value is -1.77. The van der Waals surface area contributed by atoms with Crippen molar-refractivity contribution in [3.05, 3.63) is 29.8 Å². The van der Waals surface area contributed by atoms with E-state index in [1.165, 1.54) is 0 Å². The number of rotatable bonds is 1. The summed E-state index contributed by atoms with van der Waals surface area (Å²) in [5, 5.41) is 0. The van der Waals surface area contributed by atoms with Crippen molar-refractivity contribution in [1.82, 2.24) is 0 Å². The number of fused-ring (bicyclic) bond motifs is 1. The highest BCUT2D eigenvalue weighted by Crippen LogP contribution is 2.35. The van der Waals surface area contributed by atoms with E-state index in [1.54, 1.807) is 0 Å². The van der Waals surface area contributed by atoms with E-state index in [4.69, 9.17) is 9.47 Å². The molecule has 82 valence electrons. The van der Waals surface area contributed by atoms with Gasteiger partial charge in [-0.05, 0) is 30.5 Å². The van der Waals surface area contributed by atoms with E-state index < -0.39 is 0 Å². The van der Waals surface area contributed by atoms with Crippen LogP contribution in [0, 0.1) is 0 Å². The summed E-state index contributed by atoms with van der Waals surface area (Å²) in [5.41, 5.74) is 1.76. The lowest BCUT2D eigenvalue weighted by Crippen LogP contribution is -2.05. The van der Waals surface area contributed by atoms with Gasteiger partial charge in [0.1, 0.15) is 0 Å². The Morgan fingerprint density at radius 1 is 1.12 bits per heavy atom. The molecule has 3 heteroatoms. The summed E-state index contributed by atoms with van der Waals surface area (Å²) in [6, 6.07) is 5.67. The van der Waals surface area contributed by atoms with Gasteiger partial charge in [-0.2, -0.15) is 0 Å². The zero-order chi connectivity index (χ0) is 11.0. The maximum Gasteiger partial charge on any atom is 0.231 e. The van der Waals surface area contributed by atoms with Crippen LogP contribution in [-0.2, 0) is 4.79 Å². The van der Waals surface area contributed by atoms with Crippen molar-refractivity contribution in [3.8, 4) is 11.5 Å². The number of hydrogen-bond donors (Lipinski definition) is 0. The third-order valence-electron chi connectivity index (χ3n) is 2.94. The fourth-order valence-corrected chi connectivity index (χ4v) is 2.10. The minimum Gasteiger partial charge on any atom is -0.454 e. The van der Waals surface area contributed by atoms with E-state index in [9.17, 15) is 4.79 Å². The first-order valence-electron chi connectivity index (χ1n) is 5.48. The van der Waals surface area contributed by atoms with Crippen molar-refractivity contribution in [2.45, 2.75) is 19.3 Å². The molecule has 0 amide bonds. The zero-order valence-corrected chi connectivity index (χ0v) is 8.86. The summed E-state index contributed by atoms with van der Waals surface area (Å²) < 4.78 is 10.5. The Bertz CT molecular complexity index is 474. The van der Waals surface area contributed by atoms with Crippen LogP contribution in [0.1, 0.15) is 24.8 Å². The van der Waals surface area contributed by atoms with Crippen molar-refractivity contribution in [2.24, 2.45) is 0 Å².